The van der Waals surface area contributed by atoms with Crippen LogP contribution in [0.5, 0.6) is 0 Å². The number of rotatable bonds is 7. The molecule has 0 aromatic heterocycles. The van der Waals surface area contributed by atoms with Gasteiger partial charge in [0.1, 0.15) is 5.82 Å². The molecule has 1 aromatic rings. The standard InChI is InChI=1S/C13H19FN2O2/c1-10(11-5-3-4-6-12(11)14)16-9-13(17)15-7-8-18-2/h3-6,10,16H,7-9H2,1-2H3,(H,15,17). The summed E-state index contributed by atoms with van der Waals surface area (Å²) in [7, 11) is 1.57. The van der Waals surface area contributed by atoms with E-state index in [-0.39, 0.29) is 24.3 Å². The fourth-order valence-electron chi connectivity index (χ4n) is 1.54. The minimum absolute atomic E-state index is 0.129. The average Bonchev–Trinajstić information content (AvgIpc) is 2.37. The first-order chi connectivity index (χ1) is 8.65. The number of ether oxygens (including phenoxy) is 1. The SMILES string of the molecule is COCCNC(=O)CNC(C)c1ccccc1F. The van der Waals surface area contributed by atoms with Crippen molar-refractivity contribution in [1.82, 2.24) is 10.6 Å². The topological polar surface area (TPSA) is 50.4 Å². The van der Waals surface area contributed by atoms with Gasteiger partial charge in [-0.05, 0) is 13.0 Å². The van der Waals surface area contributed by atoms with Gasteiger partial charge in [0.15, 0.2) is 0 Å². The fraction of sp³-hybridized carbons (Fsp3) is 0.462. The van der Waals surface area contributed by atoms with E-state index in [9.17, 15) is 9.18 Å². The van der Waals surface area contributed by atoms with Crippen LogP contribution in [0, 0.1) is 5.82 Å². The first-order valence-electron chi connectivity index (χ1n) is 5.88. The highest BCUT2D eigenvalue weighted by molar-refractivity contribution is 5.78. The van der Waals surface area contributed by atoms with E-state index in [1.54, 1.807) is 25.3 Å². The summed E-state index contributed by atoms with van der Waals surface area (Å²) in [6, 6.07) is 6.32. The van der Waals surface area contributed by atoms with Crippen LogP contribution in [0.4, 0.5) is 4.39 Å². The Hall–Kier alpha value is -1.46. The van der Waals surface area contributed by atoms with Gasteiger partial charge >= 0.3 is 0 Å². The Morgan fingerprint density at radius 3 is 2.83 bits per heavy atom. The van der Waals surface area contributed by atoms with Crippen LogP contribution < -0.4 is 10.6 Å². The highest BCUT2D eigenvalue weighted by atomic mass is 19.1. The van der Waals surface area contributed by atoms with Crippen molar-refractivity contribution in [1.29, 1.82) is 0 Å². The predicted molar refractivity (Wildman–Crippen MR) is 67.7 cm³/mol. The molecule has 0 saturated heterocycles. The van der Waals surface area contributed by atoms with Crippen molar-refractivity contribution in [2.75, 3.05) is 26.8 Å². The molecule has 0 bridgehead atoms. The van der Waals surface area contributed by atoms with Crippen LogP contribution in [0.1, 0.15) is 18.5 Å². The summed E-state index contributed by atoms with van der Waals surface area (Å²) in [6.07, 6.45) is 0. The van der Waals surface area contributed by atoms with Crippen molar-refractivity contribution in [2.24, 2.45) is 0 Å². The van der Waals surface area contributed by atoms with E-state index in [1.807, 2.05) is 6.92 Å². The van der Waals surface area contributed by atoms with Gasteiger partial charge in [-0.1, -0.05) is 18.2 Å². The van der Waals surface area contributed by atoms with Gasteiger partial charge in [0.05, 0.1) is 13.2 Å². The largest absolute Gasteiger partial charge is 0.383 e. The number of hydrogen-bond acceptors (Lipinski definition) is 3. The number of halogens is 1. The number of methoxy groups -OCH3 is 1. The maximum Gasteiger partial charge on any atom is 0.234 e. The molecule has 1 aromatic carbocycles. The second-order valence-electron chi connectivity index (χ2n) is 3.97. The second-order valence-corrected chi connectivity index (χ2v) is 3.97. The van der Waals surface area contributed by atoms with Crippen molar-refractivity contribution in [3.63, 3.8) is 0 Å². The van der Waals surface area contributed by atoms with E-state index in [0.717, 1.165) is 0 Å². The predicted octanol–water partition coefficient (Wildman–Crippen LogP) is 1.24. The fourth-order valence-corrected chi connectivity index (χ4v) is 1.54. The first-order valence-corrected chi connectivity index (χ1v) is 5.88. The van der Waals surface area contributed by atoms with Gasteiger partial charge in [0.2, 0.25) is 5.91 Å². The Morgan fingerprint density at radius 2 is 2.17 bits per heavy atom. The Morgan fingerprint density at radius 1 is 1.44 bits per heavy atom. The second kappa shape index (κ2) is 7.79. The van der Waals surface area contributed by atoms with E-state index < -0.39 is 0 Å². The lowest BCUT2D eigenvalue weighted by Gasteiger charge is -2.14. The maximum atomic E-state index is 13.5. The first kappa shape index (κ1) is 14.6. The summed E-state index contributed by atoms with van der Waals surface area (Å²) in [6.45, 7) is 2.93. The molecule has 0 aliphatic rings. The Balaban J connectivity index is 2.35. The zero-order valence-electron chi connectivity index (χ0n) is 10.7. The van der Waals surface area contributed by atoms with Crippen molar-refractivity contribution in [2.45, 2.75) is 13.0 Å². The van der Waals surface area contributed by atoms with Gasteiger partial charge in [-0.3, -0.25) is 4.79 Å². The normalized spacial score (nSPS) is 12.2. The lowest BCUT2D eigenvalue weighted by Crippen LogP contribution is -2.36. The third-order valence-corrected chi connectivity index (χ3v) is 2.57. The van der Waals surface area contributed by atoms with Gasteiger partial charge in [-0.2, -0.15) is 0 Å². The van der Waals surface area contributed by atoms with Gasteiger partial charge in [0, 0.05) is 25.3 Å². The zero-order valence-corrected chi connectivity index (χ0v) is 10.7. The van der Waals surface area contributed by atoms with Gasteiger partial charge in [-0.25, -0.2) is 4.39 Å². The summed E-state index contributed by atoms with van der Waals surface area (Å²) in [5.41, 5.74) is 0.558. The molecule has 4 nitrogen and oxygen atoms in total. The summed E-state index contributed by atoms with van der Waals surface area (Å²) >= 11 is 0. The molecule has 0 aliphatic heterocycles. The summed E-state index contributed by atoms with van der Waals surface area (Å²) < 4.78 is 18.3. The minimum atomic E-state index is -0.266. The number of carbonyl (C=O) groups is 1. The number of nitrogens with one attached hydrogen (secondary N) is 2. The van der Waals surface area contributed by atoms with Crippen LogP contribution in [0.15, 0.2) is 24.3 Å². The molecule has 0 fully saturated rings. The molecule has 1 atom stereocenters. The number of benzene rings is 1. The van der Waals surface area contributed by atoms with Crippen molar-refractivity contribution < 1.29 is 13.9 Å². The number of amides is 1. The van der Waals surface area contributed by atoms with Crippen LogP contribution in [-0.4, -0.2) is 32.7 Å². The molecule has 100 valence electrons. The van der Waals surface area contributed by atoms with Crippen molar-refractivity contribution >= 4 is 5.91 Å². The van der Waals surface area contributed by atoms with E-state index in [4.69, 9.17) is 4.74 Å². The molecule has 1 amide bonds. The lowest BCUT2D eigenvalue weighted by molar-refractivity contribution is -0.120. The van der Waals surface area contributed by atoms with Crippen LogP contribution >= 0.6 is 0 Å². The Labute approximate surface area is 107 Å². The quantitative estimate of drug-likeness (QED) is 0.720. The smallest absolute Gasteiger partial charge is 0.234 e. The molecule has 1 unspecified atom stereocenters. The van der Waals surface area contributed by atoms with E-state index in [1.165, 1.54) is 6.07 Å². The van der Waals surface area contributed by atoms with Gasteiger partial charge < -0.3 is 15.4 Å². The lowest BCUT2D eigenvalue weighted by atomic mass is 10.1. The third-order valence-electron chi connectivity index (χ3n) is 2.57. The highest BCUT2D eigenvalue weighted by Crippen LogP contribution is 2.15. The maximum absolute atomic E-state index is 13.5. The molecule has 0 aliphatic carbocycles. The molecule has 5 heteroatoms. The van der Waals surface area contributed by atoms with Crippen LogP contribution in [0.25, 0.3) is 0 Å². The average molecular weight is 254 g/mol. The molecular formula is C13H19FN2O2. The molecule has 2 N–H and O–H groups in total. The van der Waals surface area contributed by atoms with Crippen LogP contribution in [0.3, 0.4) is 0 Å². The molecule has 0 spiro atoms. The summed E-state index contributed by atoms with van der Waals surface area (Å²) in [5, 5.41) is 5.66. The molecule has 1 rings (SSSR count). The van der Waals surface area contributed by atoms with Gasteiger partial charge in [-0.15, -0.1) is 0 Å². The summed E-state index contributed by atoms with van der Waals surface area (Å²) in [5.74, 6) is -0.396. The van der Waals surface area contributed by atoms with E-state index in [2.05, 4.69) is 10.6 Å². The van der Waals surface area contributed by atoms with E-state index in [0.29, 0.717) is 18.7 Å². The van der Waals surface area contributed by atoms with Gasteiger partial charge in [0.25, 0.3) is 0 Å². The molecule has 18 heavy (non-hydrogen) atoms. The molecule has 0 heterocycles. The van der Waals surface area contributed by atoms with Crippen LogP contribution in [0.2, 0.25) is 0 Å². The highest BCUT2D eigenvalue weighted by Gasteiger charge is 2.10. The number of hydrogen-bond donors (Lipinski definition) is 2. The minimum Gasteiger partial charge on any atom is -0.383 e. The monoisotopic (exact) mass is 254 g/mol. The zero-order chi connectivity index (χ0) is 13.4. The Bertz CT molecular complexity index is 385. The molecule has 0 radical (unpaired) electrons. The Kier molecular flexibility index (Phi) is 6.32. The van der Waals surface area contributed by atoms with E-state index >= 15 is 0 Å². The molecular weight excluding hydrogens is 235 g/mol. The third kappa shape index (κ3) is 4.81. The summed E-state index contributed by atoms with van der Waals surface area (Å²) in [4.78, 5) is 11.4. The van der Waals surface area contributed by atoms with Crippen molar-refractivity contribution in [3.05, 3.63) is 35.6 Å². The number of carbonyl (C=O) groups excluding carboxylic acids is 1. The molecule has 0 saturated carbocycles. The van der Waals surface area contributed by atoms with Crippen molar-refractivity contribution in [3.8, 4) is 0 Å². The van der Waals surface area contributed by atoms with Crippen LogP contribution in [-0.2, 0) is 9.53 Å².